The molecule has 112 valence electrons. The highest BCUT2D eigenvalue weighted by Crippen LogP contribution is 2.37. The van der Waals surface area contributed by atoms with Crippen LogP contribution in [0.2, 0.25) is 0 Å². The summed E-state index contributed by atoms with van der Waals surface area (Å²) in [6.07, 6.45) is 7.71. The largest absolute Gasteiger partial charge is 0.310 e. The summed E-state index contributed by atoms with van der Waals surface area (Å²) in [4.78, 5) is 2.62. The minimum atomic E-state index is 0.404. The van der Waals surface area contributed by atoms with Gasteiger partial charge in [0, 0.05) is 36.9 Å². The molecule has 2 saturated heterocycles. The minimum Gasteiger partial charge on any atom is -0.310 e. The molecule has 0 aliphatic carbocycles. The molecule has 2 bridgehead atoms. The first kappa shape index (κ1) is 14.1. The number of aromatic nitrogens is 2. The van der Waals surface area contributed by atoms with E-state index in [4.69, 9.17) is 0 Å². The van der Waals surface area contributed by atoms with Gasteiger partial charge in [-0.1, -0.05) is 0 Å². The van der Waals surface area contributed by atoms with Gasteiger partial charge < -0.3 is 10.2 Å². The van der Waals surface area contributed by atoms with Crippen molar-refractivity contribution in [2.75, 3.05) is 13.6 Å². The number of aryl methyl sites for hydroxylation is 2. The van der Waals surface area contributed by atoms with Gasteiger partial charge in [-0.05, 0) is 59.0 Å². The number of fused-ring (bicyclic) bond motifs is 2. The molecule has 3 unspecified atom stereocenters. The van der Waals surface area contributed by atoms with E-state index in [1.165, 1.54) is 31.2 Å². The number of hydrogen-bond acceptors (Lipinski definition) is 3. The lowest BCUT2D eigenvalue weighted by atomic mass is 9.91. The van der Waals surface area contributed by atoms with Crippen LogP contribution in [-0.4, -0.2) is 40.4 Å². The van der Waals surface area contributed by atoms with Crippen LogP contribution < -0.4 is 5.32 Å². The van der Waals surface area contributed by atoms with Crippen LogP contribution >= 0.6 is 0 Å². The Balaban J connectivity index is 1.54. The van der Waals surface area contributed by atoms with Crippen molar-refractivity contribution in [3.8, 4) is 0 Å². The predicted molar refractivity (Wildman–Crippen MR) is 81.7 cm³/mol. The molecule has 1 aromatic rings. The van der Waals surface area contributed by atoms with Crippen molar-refractivity contribution < 1.29 is 0 Å². The van der Waals surface area contributed by atoms with Gasteiger partial charge in [0.05, 0.1) is 5.69 Å². The third kappa shape index (κ3) is 2.63. The van der Waals surface area contributed by atoms with Crippen LogP contribution in [0.4, 0.5) is 0 Å². The Labute approximate surface area is 122 Å². The van der Waals surface area contributed by atoms with Crippen molar-refractivity contribution in [3.63, 3.8) is 0 Å². The van der Waals surface area contributed by atoms with E-state index in [-0.39, 0.29) is 0 Å². The standard InChI is InChI=1S/C16H28N4/c1-11(16-10-19(3)18-12(16)2)17-9-13-7-14-5-6-15(8-13)20(14)4/h10-11,13-15,17H,5-9H2,1-4H3. The van der Waals surface area contributed by atoms with Crippen LogP contribution in [0.3, 0.4) is 0 Å². The second-order valence-electron chi connectivity index (χ2n) is 6.86. The van der Waals surface area contributed by atoms with Gasteiger partial charge >= 0.3 is 0 Å². The summed E-state index contributed by atoms with van der Waals surface area (Å²) in [6, 6.07) is 2.09. The van der Waals surface area contributed by atoms with Crippen LogP contribution in [0.25, 0.3) is 0 Å². The fourth-order valence-corrected chi connectivity index (χ4v) is 4.19. The predicted octanol–water partition coefficient (Wildman–Crippen LogP) is 2.25. The normalized spacial score (nSPS) is 31.7. The molecule has 0 spiro atoms. The third-order valence-electron chi connectivity index (χ3n) is 5.43. The molecule has 4 heteroatoms. The van der Waals surface area contributed by atoms with Crippen LogP contribution in [0.5, 0.6) is 0 Å². The zero-order valence-electron chi connectivity index (χ0n) is 13.3. The number of piperidine rings is 1. The molecule has 3 heterocycles. The molecule has 2 aliphatic rings. The van der Waals surface area contributed by atoms with Crippen LogP contribution in [0.15, 0.2) is 6.20 Å². The number of hydrogen-bond donors (Lipinski definition) is 1. The minimum absolute atomic E-state index is 0.404. The van der Waals surface area contributed by atoms with Gasteiger partial charge in [-0.2, -0.15) is 5.10 Å². The lowest BCUT2D eigenvalue weighted by molar-refractivity contribution is 0.131. The average molecular weight is 276 g/mol. The molecule has 1 N–H and O–H groups in total. The van der Waals surface area contributed by atoms with Crippen molar-refractivity contribution in [2.24, 2.45) is 13.0 Å². The van der Waals surface area contributed by atoms with Gasteiger partial charge in [-0.3, -0.25) is 4.68 Å². The van der Waals surface area contributed by atoms with Crippen molar-refractivity contribution in [3.05, 3.63) is 17.5 Å². The first-order valence-electron chi connectivity index (χ1n) is 8.00. The Kier molecular flexibility index (Phi) is 3.87. The average Bonchev–Trinajstić information content (AvgIpc) is 2.83. The van der Waals surface area contributed by atoms with E-state index in [2.05, 4.69) is 42.4 Å². The van der Waals surface area contributed by atoms with Gasteiger partial charge in [0.25, 0.3) is 0 Å². The third-order valence-corrected chi connectivity index (χ3v) is 5.43. The van der Waals surface area contributed by atoms with E-state index < -0.39 is 0 Å². The molecular weight excluding hydrogens is 248 g/mol. The highest BCUT2D eigenvalue weighted by Gasteiger charge is 2.38. The summed E-state index contributed by atoms with van der Waals surface area (Å²) in [6.45, 7) is 5.51. The highest BCUT2D eigenvalue weighted by molar-refractivity contribution is 5.19. The van der Waals surface area contributed by atoms with Crippen molar-refractivity contribution in [1.29, 1.82) is 0 Å². The van der Waals surface area contributed by atoms with E-state index in [9.17, 15) is 0 Å². The zero-order chi connectivity index (χ0) is 14.3. The van der Waals surface area contributed by atoms with Crippen molar-refractivity contribution in [2.45, 2.75) is 57.7 Å². The Morgan fingerprint density at radius 2 is 1.95 bits per heavy atom. The second kappa shape index (κ2) is 5.49. The van der Waals surface area contributed by atoms with Crippen LogP contribution in [0.1, 0.15) is 49.9 Å². The maximum atomic E-state index is 4.44. The van der Waals surface area contributed by atoms with Crippen molar-refractivity contribution in [1.82, 2.24) is 20.0 Å². The fourth-order valence-electron chi connectivity index (χ4n) is 4.19. The smallest absolute Gasteiger partial charge is 0.0641 e. The van der Waals surface area contributed by atoms with Gasteiger partial charge in [0.2, 0.25) is 0 Å². The summed E-state index contributed by atoms with van der Waals surface area (Å²) in [5, 5.41) is 8.18. The van der Waals surface area contributed by atoms with Crippen LogP contribution in [0, 0.1) is 12.8 Å². The van der Waals surface area contributed by atoms with Gasteiger partial charge in [-0.15, -0.1) is 0 Å². The molecule has 3 atom stereocenters. The molecule has 1 aromatic heterocycles. The molecule has 0 radical (unpaired) electrons. The molecule has 0 aromatic carbocycles. The van der Waals surface area contributed by atoms with Gasteiger partial charge in [0.1, 0.15) is 0 Å². The first-order valence-corrected chi connectivity index (χ1v) is 8.00. The summed E-state index contributed by atoms with van der Waals surface area (Å²) < 4.78 is 1.92. The van der Waals surface area contributed by atoms with E-state index in [0.717, 1.165) is 30.2 Å². The molecule has 2 aliphatic heterocycles. The number of nitrogens with one attached hydrogen (secondary N) is 1. The summed E-state index contributed by atoms with van der Waals surface area (Å²) >= 11 is 0. The molecule has 20 heavy (non-hydrogen) atoms. The Morgan fingerprint density at radius 3 is 2.50 bits per heavy atom. The SMILES string of the molecule is Cc1nn(C)cc1C(C)NCC1CC2CCC(C1)N2C. The van der Waals surface area contributed by atoms with E-state index >= 15 is 0 Å². The van der Waals surface area contributed by atoms with E-state index in [1.54, 1.807) is 0 Å². The van der Waals surface area contributed by atoms with E-state index in [1.807, 2.05) is 11.7 Å². The molecule has 3 rings (SSSR count). The topological polar surface area (TPSA) is 33.1 Å². The van der Waals surface area contributed by atoms with Gasteiger partial charge in [-0.25, -0.2) is 0 Å². The highest BCUT2D eigenvalue weighted by atomic mass is 15.3. The zero-order valence-corrected chi connectivity index (χ0v) is 13.3. The molecular formula is C16H28N4. The lowest BCUT2D eigenvalue weighted by Gasteiger charge is -2.36. The number of nitrogens with zero attached hydrogens (tertiary/aromatic N) is 3. The van der Waals surface area contributed by atoms with Crippen LogP contribution in [-0.2, 0) is 7.05 Å². The van der Waals surface area contributed by atoms with E-state index in [0.29, 0.717) is 6.04 Å². The maximum absolute atomic E-state index is 4.44. The number of rotatable bonds is 4. The first-order chi connectivity index (χ1) is 9.54. The lowest BCUT2D eigenvalue weighted by Crippen LogP contribution is -2.42. The van der Waals surface area contributed by atoms with Gasteiger partial charge in [0.15, 0.2) is 0 Å². The maximum Gasteiger partial charge on any atom is 0.0641 e. The Hall–Kier alpha value is -0.870. The van der Waals surface area contributed by atoms with Crippen molar-refractivity contribution >= 4 is 0 Å². The Bertz CT molecular complexity index is 453. The molecule has 2 fully saturated rings. The summed E-state index contributed by atoms with van der Waals surface area (Å²) in [5.74, 6) is 0.850. The molecule has 0 amide bonds. The monoisotopic (exact) mass is 276 g/mol. The Morgan fingerprint density at radius 1 is 1.30 bits per heavy atom. The fraction of sp³-hybridized carbons (Fsp3) is 0.812. The second-order valence-corrected chi connectivity index (χ2v) is 6.86. The summed E-state index contributed by atoms with van der Waals surface area (Å²) in [5.41, 5.74) is 2.49. The quantitative estimate of drug-likeness (QED) is 0.915. The molecule has 4 nitrogen and oxygen atoms in total. The molecule has 0 saturated carbocycles. The summed E-state index contributed by atoms with van der Waals surface area (Å²) in [7, 11) is 4.31.